The molecule has 3 amide bonds. The van der Waals surface area contributed by atoms with E-state index in [1.807, 2.05) is 55.5 Å². The SMILES string of the molecule is CCN1C(=O)[C@H](Cc2ccccc2)N(Cc2ccc3ccccc3c2)C1=O. The first-order chi connectivity index (χ1) is 13.2. The number of hydrogen-bond acceptors (Lipinski definition) is 2. The van der Waals surface area contributed by atoms with Crippen LogP contribution in [0.4, 0.5) is 4.79 Å². The molecule has 0 saturated carbocycles. The monoisotopic (exact) mass is 358 g/mol. The number of fused-ring (bicyclic) bond motifs is 1. The normalized spacial score (nSPS) is 17.1. The van der Waals surface area contributed by atoms with Gasteiger partial charge < -0.3 is 4.90 Å². The number of carbonyl (C=O) groups is 2. The van der Waals surface area contributed by atoms with E-state index in [9.17, 15) is 9.59 Å². The zero-order valence-corrected chi connectivity index (χ0v) is 15.3. The third kappa shape index (κ3) is 3.31. The molecule has 0 unspecified atom stereocenters. The van der Waals surface area contributed by atoms with Gasteiger partial charge in [-0.05, 0) is 34.9 Å². The Morgan fingerprint density at radius 2 is 1.52 bits per heavy atom. The average Bonchev–Trinajstić information content (AvgIpc) is 2.92. The van der Waals surface area contributed by atoms with Gasteiger partial charge in [0.1, 0.15) is 6.04 Å². The molecule has 27 heavy (non-hydrogen) atoms. The Hall–Kier alpha value is -3.14. The molecule has 0 spiro atoms. The van der Waals surface area contributed by atoms with Crippen molar-refractivity contribution in [1.29, 1.82) is 0 Å². The first-order valence-corrected chi connectivity index (χ1v) is 9.31. The second kappa shape index (κ2) is 7.23. The Kier molecular flexibility index (Phi) is 4.63. The fourth-order valence-electron chi connectivity index (χ4n) is 3.73. The largest absolute Gasteiger partial charge is 0.327 e. The zero-order chi connectivity index (χ0) is 18.8. The number of amides is 3. The van der Waals surface area contributed by atoms with Gasteiger partial charge >= 0.3 is 6.03 Å². The lowest BCUT2D eigenvalue weighted by atomic mass is 10.0. The highest BCUT2D eigenvalue weighted by Crippen LogP contribution is 2.25. The highest BCUT2D eigenvalue weighted by atomic mass is 16.2. The van der Waals surface area contributed by atoms with Gasteiger partial charge in [-0.1, -0.05) is 66.7 Å². The Labute approximate surface area is 159 Å². The highest BCUT2D eigenvalue weighted by molar-refractivity contribution is 6.04. The van der Waals surface area contributed by atoms with Crippen LogP contribution in [0.25, 0.3) is 10.8 Å². The van der Waals surface area contributed by atoms with Crippen molar-refractivity contribution < 1.29 is 9.59 Å². The lowest BCUT2D eigenvalue weighted by molar-refractivity contribution is -0.128. The first-order valence-electron chi connectivity index (χ1n) is 9.31. The van der Waals surface area contributed by atoms with Crippen molar-refractivity contribution in [3.05, 3.63) is 83.9 Å². The first kappa shape index (κ1) is 17.3. The number of urea groups is 1. The van der Waals surface area contributed by atoms with Gasteiger partial charge in [0.2, 0.25) is 0 Å². The minimum Gasteiger partial charge on any atom is -0.308 e. The van der Waals surface area contributed by atoms with E-state index >= 15 is 0 Å². The predicted molar refractivity (Wildman–Crippen MR) is 106 cm³/mol. The molecule has 0 bridgehead atoms. The van der Waals surface area contributed by atoms with Gasteiger partial charge in [-0.15, -0.1) is 0 Å². The molecular weight excluding hydrogens is 336 g/mol. The second-order valence-corrected chi connectivity index (χ2v) is 6.88. The molecule has 1 atom stereocenters. The summed E-state index contributed by atoms with van der Waals surface area (Å²) in [6.07, 6.45) is 0.537. The summed E-state index contributed by atoms with van der Waals surface area (Å²) in [5.74, 6) is -0.104. The molecule has 1 aliphatic heterocycles. The number of carbonyl (C=O) groups excluding carboxylic acids is 2. The van der Waals surface area contributed by atoms with Crippen molar-refractivity contribution in [3.63, 3.8) is 0 Å². The van der Waals surface area contributed by atoms with Crippen molar-refractivity contribution in [3.8, 4) is 0 Å². The van der Waals surface area contributed by atoms with Crippen LogP contribution >= 0.6 is 0 Å². The summed E-state index contributed by atoms with van der Waals surface area (Å²) in [7, 11) is 0. The van der Waals surface area contributed by atoms with Crippen LogP contribution in [0.2, 0.25) is 0 Å². The molecule has 0 aliphatic carbocycles. The molecule has 0 N–H and O–H groups in total. The molecule has 1 saturated heterocycles. The van der Waals surface area contributed by atoms with Crippen molar-refractivity contribution in [2.75, 3.05) is 6.54 Å². The predicted octanol–water partition coefficient (Wildman–Crippen LogP) is 4.24. The Morgan fingerprint density at radius 1 is 0.815 bits per heavy atom. The van der Waals surface area contributed by atoms with Crippen LogP contribution in [0.5, 0.6) is 0 Å². The minimum absolute atomic E-state index is 0.104. The maximum Gasteiger partial charge on any atom is 0.327 e. The van der Waals surface area contributed by atoms with Gasteiger partial charge in [0.05, 0.1) is 0 Å². The summed E-state index contributed by atoms with van der Waals surface area (Å²) in [6.45, 7) is 2.68. The van der Waals surface area contributed by atoms with Crippen LogP contribution < -0.4 is 0 Å². The van der Waals surface area contributed by atoms with E-state index in [1.54, 1.807) is 4.90 Å². The fraction of sp³-hybridized carbons (Fsp3) is 0.217. The summed E-state index contributed by atoms with van der Waals surface area (Å²) in [4.78, 5) is 28.7. The van der Waals surface area contributed by atoms with E-state index in [-0.39, 0.29) is 11.9 Å². The molecule has 4 heteroatoms. The Bertz CT molecular complexity index is 984. The summed E-state index contributed by atoms with van der Waals surface area (Å²) in [6, 6.07) is 23.6. The summed E-state index contributed by atoms with van der Waals surface area (Å²) in [5, 5.41) is 2.31. The number of likely N-dealkylation sites (N-methyl/N-ethyl adjacent to an activating group) is 1. The molecule has 1 fully saturated rings. The molecule has 3 aromatic carbocycles. The van der Waals surface area contributed by atoms with Crippen molar-refractivity contribution in [1.82, 2.24) is 9.80 Å². The quantitative estimate of drug-likeness (QED) is 0.640. The maximum absolute atomic E-state index is 12.8. The van der Waals surface area contributed by atoms with Gasteiger partial charge in [-0.2, -0.15) is 0 Å². The molecular formula is C23H22N2O2. The highest BCUT2D eigenvalue weighted by Gasteiger charge is 2.43. The van der Waals surface area contributed by atoms with E-state index in [4.69, 9.17) is 0 Å². The van der Waals surface area contributed by atoms with Crippen molar-refractivity contribution in [2.24, 2.45) is 0 Å². The van der Waals surface area contributed by atoms with E-state index in [1.165, 1.54) is 10.3 Å². The van der Waals surface area contributed by atoms with E-state index < -0.39 is 6.04 Å². The maximum atomic E-state index is 12.8. The van der Waals surface area contributed by atoms with E-state index in [0.717, 1.165) is 16.5 Å². The Balaban J connectivity index is 1.64. The molecule has 0 aromatic heterocycles. The summed E-state index contributed by atoms with van der Waals surface area (Å²) in [5.41, 5.74) is 2.09. The molecule has 3 aromatic rings. The van der Waals surface area contributed by atoms with Gasteiger partial charge in [-0.25, -0.2) is 4.79 Å². The standard InChI is InChI=1S/C23H22N2O2/c1-2-24-22(26)21(15-17-8-4-3-5-9-17)25(23(24)27)16-18-12-13-19-10-6-7-11-20(19)14-18/h3-14,21H,2,15-16H2,1H3/t21-/m0/s1. The van der Waals surface area contributed by atoms with E-state index in [0.29, 0.717) is 19.5 Å². The molecule has 4 rings (SSSR count). The van der Waals surface area contributed by atoms with Crippen LogP contribution in [-0.4, -0.2) is 34.3 Å². The van der Waals surface area contributed by atoms with E-state index in [2.05, 4.69) is 24.3 Å². The molecule has 136 valence electrons. The lowest BCUT2D eigenvalue weighted by Crippen LogP contribution is -2.36. The smallest absolute Gasteiger partial charge is 0.308 e. The molecule has 4 nitrogen and oxygen atoms in total. The van der Waals surface area contributed by atoms with Crippen molar-refractivity contribution in [2.45, 2.75) is 25.9 Å². The van der Waals surface area contributed by atoms with Gasteiger partial charge in [0.25, 0.3) is 5.91 Å². The lowest BCUT2D eigenvalue weighted by Gasteiger charge is -2.22. The summed E-state index contributed by atoms with van der Waals surface area (Å²) >= 11 is 0. The molecule has 1 aliphatic rings. The third-order valence-corrected chi connectivity index (χ3v) is 5.16. The minimum atomic E-state index is -0.452. The van der Waals surface area contributed by atoms with Crippen LogP contribution in [-0.2, 0) is 17.8 Å². The number of imide groups is 1. The fourth-order valence-corrected chi connectivity index (χ4v) is 3.73. The van der Waals surface area contributed by atoms with Gasteiger partial charge in [-0.3, -0.25) is 9.69 Å². The number of benzene rings is 3. The molecule has 0 radical (unpaired) electrons. The number of rotatable bonds is 5. The van der Waals surface area contributed by atoms with Crippen LogP contribution in [0.1, 0.15) is 18.1 Å². The molecule has 1 heterocycles. The average molecular weight is 358 g/mol. The van der Waals surface area contributed by atoms with Gasteiger partial charge in [0, 0.05) is 19.5 Å². The van der Waals surface area contributed by atoms with Crippen LogP contribution in [0.15, 0.2) is 72.8 Å². The zero-order valence-electron chi connectivity index (χ0n) is 15.3. The van der Waals surface area contributed by atoms with Crippen LogP contribution in [0, 0.1) is 0 Å². The van der Waals surface area contributed by atoms with Crippen LogP contribution in [0.3, 0.4) is 0 Å². The third-order valence-electron chi connectivity index (χ3n) is 5.16. The van der Waals surface area contributed by atoms with Crippen molar-refractivity contribution >= 4 is 22.7 Å². The second-order valence-electron chi connectivity index (χ2n) is 6.88. The summed E-state index contributed by atoms with van der Waals surface area (Å²) < 4.78 is 0. The van der Waals surface area contributed by atoms with Gasteiger partial charge in [0.15, 0.2) is 0 Å². The number of hydrogen-bond donors (Lipinski definition) is 0. The Morgan fingerprint density at radius 3 is 2.26 bits per heavy atom. The number of nitrogens with zero attached hydrogens (tertiary/aromatic N) is 2. The topological polar surface area (TPSA) is 40.6 Å².